The number of carbonyl (C=O) groups excluding carboxylic acids is 1. The van der Waals surface area contributed by atoms with Gasteiger partial charge in [0.25, 0.3) is 0 Å². The number of carbonyl (C=O) groups is 1. The number of hydrogen-bond acceptors (Lipinski definition) is 9. The van der Waals surface area contributed by atoms with Crippen molar-refractivity contribution in [2.45, 2.75) is 69.4 Å². The van der Waals surface area contributed by atoms with Crippen LogP contribution in [0, 0.1) is 11.3 Å². The Balaban J connectivity index is 1.09. The number of benzene rings is 3. The van der Waals surface area contributed by atoms with Gasteiger partial charge in [0.15, 0.2) is 0 Å². The van der Waals surface area contributed by atoms with Gasteiger partial charge >= 0.3 is 12.1 Å². The van der Waals surface area contributed by atoms with E-state index in [-0.39, 0.29) is 30.8 Å². The van der Waals surface area contributed by atoms with E-state index < -0.39 is 0 Å². The number of likely N-dealkylation sites (tertiary alicyclic amines) is 1. The predicted octanol–water partition coefficient (Wildman–Crippen LogP) is 5.94. The molecule has 4 aromatic rings. The second-order valence-electron chi connectivity index (χ2n) is 13.9. The molecular weight excluding hydrogens is 614 g/mol. The first-order valence-corrected chi connectivity index (χ1v) is 17.6. The van der Waals surface area contributed by atoms with Crippen LogP contribution in [0.2, 0.25) is 0 Å². The van der Waals surface area contributed by atoms with Gasteiger partial charge in [-0.25, -0.2) is 4.79 Å². The summed E-state index contributed by atoms with van der Waals surface area (Å²) in [5.41, 5.74) is 4.00. The topological polar surface area (TPSA) is 98.1 Å². The maximum atomic E-state index is 13.3. The molecule has 0 spiro atoms. The fourth-order valence-electron chi connectivity index (χ4n) is 8.14. The Morgan fingerprint density at radius 3 is 2.57 bits per heavy atom. The number of rotatable bonds is 8. The summed E-state index contributed by atoms with van der Waals surface area (Å²) in [5.74, 6) is 0.869. The third-order valence-electron chi connectivity index (χ3n) is 10.8. The molecule has 1 amide bonds. The summed E-state index contributed by atoms with van der Waals surface area (Å²) in [7, 11) is 2.20. The van der Waals surface area contributed by atoms with Crippen LogP contribution in [-0.4, -0.2) is 83.3 Å². The minimum absolute atomic E-state index is 0.199. The highest BCUT2D eigenvalue weighted by Crippen LogP contribution is 2.48. The maximum Gasteiger partial charge on any atom is 0.410 e. The number of hydrogen-bond donors (Lipinski definition) is 0. The van der Waals surface area contributed by atoms with Gasteiger partial charge in [-0.05, 0) is 62.7 Å². The van der Waals surface area contributed by atoms with Gasteiger partial charge in [-0.3, -0.25) is 4.90 Å². The molecule has 1 aromatic heterocycles. The van der Waals surface area contributed by atoms with Crippen LogP contribution in [-0.2, 0) is 24.3 Å². The molecule has 1 aliphatic carbocycles. The molecule has 252 valence electrons. The molecule has 1 saturated carbocycles. The SMILES string of the molecule is CN1CCC[C@H]1C1(Oc2nc3c(c(N4CCN(C(=O)OCc5ccccc5)[C@@H](CC#N)C4)n2)CCN(c2cccc4ccccc24)C3)CC1. The van der Waals surface area contributed by atoms with Crippen molar-refractivity contribution in [3.63, 3.8) is 0 Å². The van der Waals surface area contributed by atoms with Gasteiger partial charge in [0.2, 0.25) is 0 Å². The lowest BCUT2D eigenvalue weighted by Crippen LogP contribution is -2.56. The van der Waals surface area contributed by atoms with Crippen LogP contribution in [0.15, 0.2) is 72.8 Å². The van der Waals surface area contributed by atoms with E-state index in [1.165, 1.54) is 22.9 Å². The summed E-state index contributed by atoms with van der Waals surface area (Å²) >= 11 is 0. The molecule has 4 heterocycles. The summed E-state index contributed by atoms with van der Waals surface area (Å²) in [4.78, 5) is 32.4. The standard InChI is InChI=1S/C39H43N7O3/c1-43-21-8-15-35(43)39(18-19-39)49-37-41-33-26-44(34-14-7-12-29-11-5-6-13-31(29)34)22-17-32(33)36(42-37)45-23-24-46(30(25-45)16-20-40)38(47)48-27-28-9-3-2-4-10-28/h2-7,9-14,30,35H,8,15-19,21-27H2,1H3/t30-,35-/m0/s1. The molecule has 3 fully saturated rings. The van der Waals surface area contributed by atoms with Crippen molar-refractivity contribution >= 4 is 28.4 Å². The molecule has 0 N–H and O–H groups in total. The molecule has 0 bridgehead atoms. The summed E-state index contributed by atoms with van der Waals surface area (Å²) in [6.45, 7) is 4.28. The number of anilines is 2. The van der Waals surface area contributed by atoms with Gasteiger partial charge in [-0.15, -0.1) is 0 Å². The van der Waals surface area contributed by atoms with E-state index in [1.54, 1.807) is 4.90 Å². The lowest BCUT2D eigenvalue weighted by molar-refractivity contribution is 0.0741. The Hall–Kier alpha value is -4.88. The van der Waals surface area contributed by atoms with Crippen LogP contribution in [0.1, 0.15) is 48.9 Å². The van der Waals surface area contributed by atoms with Gasteiger partial charge in [-0.1, -0.05) is 66.7 Å². The highest BCUT2D eigenvalue weighted by Gasteiger charge is 2.55. The predicted molar refractivity (Wildman–Crippen MR) is 189 cm³/mol. The third kappa shape index (κ3) is 6.24. The molecule has 2 saturated heterocycles. The largest absolute Gasteiger partial charge is 0.455 e. The minimum atomic E-state index is -0.389. The first-order chi connectivity index (χ1) is 24.0. The molecule has 3 aliphatic heterocycles. The molecule has 49 heavy (non-hydrogen) atoms. The van der Waals surface area contributed by atoms with E-state index in [0.717, 1.165) is 61.4 Å². The van der Waals surface area contributed by atoms with E-state index in [0.29, 0.717) is 38.2 Å². The molecule has 0 radical (unpaired) electrons. The zero-order valence-electron chi connectivity index (χ0n) is 28.1. The van der Waals surface area contributed by atoms with Gasteiger partial charge in [0, 0.05) is 48.9 Å². The van der Waals surface area contributed by atoms with E-state index >= 15 is 0 Å². The van der Waals surface area contributed by atoms with Gasteiger partial charge in [0.05, 0.1) is 30.8 Å². The lowest BCUT2D eigenvalue weighted by atomic mass is 10.0. The van der Waals surface area contributed by atoms with E-state index in [4.69, 9.17) is 19.4 Å². The monoisotopic (exact) mass is 657 g/mol. The Morgan fingerprint density at radius 2 is 1.78 bits per heavy atom. The van der Waals surface area contributed by atoms with Crippen molar-refractivity contribution < 1.29 is 14.3 Å². The van der Waals surface area contributed by atoms with Gasteiger partial charge in [-0.2, -0.15) is 15.2 Å². The van der Waals surface area contributed by atoms with Gasteiger partial charge in [0.1, 0.15) is 18.0 Å². The van der Waals surface area contributed by atoms with Crippen LogP contribution in [0.3, 0.4) is 0 Å². The highest BCUT2D eigenvalue weighted by molar-refractivity contribution is 5.94. The second-order valence-corrected chi connectivity index (χ2v) is 13.9. The third-order valence-corrected chi connectivity index (χ3v) is 10.8. The fourth-order valence-corrected chi connectivity index (χ4v) is 8.14. The quantitative estimate of drug-likeness (QED) is 0.228. The van der Waals surface area contributed by atoms with Crippen LogP contribution in [0.4, 0.5) is 16.3 Å². The molecule has 10 nitrogen and oxygen atoms in total. The highest BCUT2D eigenvalue weighted by atomic mass is 16.6. The Kier molecular flexibility index (Phi) is 8.46. The Bertz CT molecular complexity index is 1870. The van der Waals surface area contributed by atoms with Crippen molar-refractivity contribution in [3.8, 4) is 12.1 Å². The summed E-state index contributed by atoms with van der Waals surface area (Å²) < 4.78 is 12.5. The zero-order valence-corrected chi connectivity index (χ0v) is 28.1. The number of ether oxygens (including phenoxy) is 2. The van der Waals surface area contributed by atoms with E-state index in [2.05, 4.69) is 70.3 Å². The van der Waals surface area contributed by atoms with E-state index in [1.807, 2.05) is 30.3 Å². The Morgan fingerprint density at radius 1 is 0.959 bits per heavy atom. The first-order valence-electron chi connectivity index (χ1n) is 17.6. The number of aromatic nitrogens is 2. The van der Waals surface area contributed by atoms with Crippen molar-refractivity contribution in [2.24, 2.45) is 0 Å². The smallest absolute Gasteiger partial charge is 0.410 e. The molecule has 0 unspecified atom stereocenters. The maximum absolute atomic E-state index is 13.3. The van der Waals surface area contributed by atoms with Crippen molar-refractivity contribution in [3.05, 3.63) is 89.6 Å². The fraction of sp³-hybridized carbons (Fsp3) is 0.436. The summed E-state index contributed by atoms with van der Waals surface area (Å²) in [6.07, 6.45) is 4.93. The second kappa shape index (κ2) is 13.2. The summed E-state index contributed by atoms with van der Waals surface area (Å²) in [5, 5.41) is 12.2. The number of nitrogens with zero attached hydrogens (tertiary/aromatic N) is 7. The number of fused-ring (bicyclic) bond motifs is 2. The van der Waals surface area contributed by atoms with Crippen molar-refractivity contribution in [2.75, 3.05) is 49.6 Å². The zero-order chi connectivity index (χ0) is 33.4. The average molecular weight is 658 g/mol. The molecule has 3 aromatic carbocycles. The molecule has 4 aliphatic rings. The van der Waals surface area contributed by atoms with Crippen LogP contribution in [0.25, 0.3) is 10.8 Å². The number of amides is 1. The molecular formula is C39H43N7O3. The van der Waals surface area contributed by atoms with Crippen LogP contribution >= 0.6 is 0 Å². The number of piperazine rings is 1. The summed E-state index contributed by atoms with van der Waals surface area (Å²) in [6, 6.07) is 27.5. The van der Waals surface area contributed by atoms with Crippen LogP contribution in [0.5, 0.6) is 6.01 Å². The minimum Gasteiger partial charge on any atom is -0.455 e. The molecule has 8 rings (SSSR count). The molecule has 10 heteroatoms. The number of likely N-dealkylation sites (N-methyl/N-ethyl adjacent to an activating group) is 1. The first kappa shape index (κ1) is 31.4. The van der Waals surface area contributed by atoms with Gasteiger partial charge < -0.3 is 24.2 Å². The van der Waals surface area contributed by atoms with E-state index in [9.17, 15) is 10.1 Å². The van der Waals surface area contributed by atoms with Crippen molar-refractivity contribution in [1.29, 1.82) is 5.26 Å². The lowest BCUT2D eigenvalue weighted by Gasteiger charge is -2.42. The van der Waals surface area contributed by atoms with Crippen LogP contribution < -0.4 is 14.5 Å². The normalized spacial score (nSPS) is 21.7. The molecule has 2 atom stereocenters. The average Bonchev–Trinajstić information content (AvgIpc) is 3.78. The number of nitriles is 1. The van der Waals surface area contributed by atoms with Crippen molar-refractivity contribution in [1.82, 2.24) is 19.8 Å². The Labute approximate surface area is 287 Å².